The van der Waals surface area contributed by atoms with Crippen LogP contribution in [0.25, 0.3) is 0 Å². The van der Waals surface area contributed by atoms with E-state index >= 15 is 0 Å². The van der Waals surface area contributed by atoms with Crippen molar-refractivity contribution in [3.8, 4) is 0 Å². The first-order valence-electron chi connectivity index (χ1n) is 13.2. The number of sulfonamides is 1. The zero-order valence-corrected chi connectivity index (χ0v) is 23.9. The summed E-state index contributed by atoms with van der Waals surface area (Å²) in [4.78, 5) is 13.4. The molecule has 0 saturated heterocycles. The van der Waals surface area contributed by atoms with Crippen LogP contribution in [0.5, 0.6) is 0 Å². The Labute approximate surface area is 232 Å². The molecule has 0 spiro atoms. The van der Waals surface area contributed by atoms with E-state index in [1.165, 1.54) is 4.31 Å². The Morgan fingerprint density at radius 3 is 2.18 bits per heavy atom. The van der Waals surface area contributed by atoms with Gasteiger partial charge in [-0.05, 0) is 55.0 Å². The molecule has 0 aliphatic rings. The molecule has 3 N–H and O–H groups in total. The fourth-order valence-corrected chi connectivity index (χ4v) is 6.12. The number of hydrogen-bond donors (Lipinski definition) is 3. The van der Waals surface area contributed by atoms with Crippen molar-refractivity contribution in [3.63, 3.8) is 0 Å². The van der Waals surface area contributed by atoms with E-state index in [9.17, 15) is 18.3 Å². The second-order valence-corrected chi connectivity index (χ2v) is 12.4. The number of aryl methyl sites for hydroxylation is 1. The van der Waals surface area contributed by atoms with Crippen LogP contribution in [-0.2, 0) is 27.7 Å². The number of carbonyl (C=O) groups is 1. The molecule has 208 valence electrons. The summed E-state index contributed by atoms with van der Waals surface area (Å²) in [6.45, 7) is 7.49. The Morgan fingerprint density at radius 2 is 1.56 bits per heavy atom. The lowest BCUT2D eigenvalue weighted by molar-refractivity contribution is -0.122. The van der Waals surface area contributed by atoms with Crippen molar-refractivity contribution in [1.29, 1.82) is 5.41 Å². The molecule has 0 aliphatic carbocycles. The van der Waals surface area contributed by atoms with Crippen molar-refractivity contribution in [3.05, 3.63) is 101 Å². The summed E-state index contributed by atoms with van der Waals surface area (Å²) < 4.78 is 28.4. The van der Waals surface area contributed by atoms with Gasteiger partial charge in [0.1, 0.15) is 0 Å². The molecule has 3 aromatic rings. The zero-order valence-electron chi connectivity index (χ0n) is 23.1. The van der Waals surface area contributed by atoms with Crippen LogP contribution in [0, 0.1) is 18.3 Å². The number of rotatable bonds is 13. The van der Waals surface area contributed by atoms with Gasteiger partial charge >= 0.3 is 0 Å². The number of aliphatic hydroxyl groups is 1. The number of nitrogens with zero attached hydrogens (tertiary/aromatic N) is 1. The van der Waals surface area contributed by atoms with E-state index < -0.39 is 22.2 Å². The SMILES string of the molecule is CC(=N)c1ccccc1CC(=O)NC(Cc1ccccc1)C(O)CN(CC(C)C)S(=O)(=O)c1ccc(C)cc1. The second kappa shape index (κ2) is 13.6. The minimum atomic E-state index is -3.87. The van der Waals surface area contributed by atoms with Gasteiger partial charge in [-0.3, -0.25) is 4.79 Å². The molecule has 0 bridgehead atoms. The van der Waals surface area contributed by atoms with Gasteiger partial charge in [-0.1, -0.05) is 86.1 Å². The van der Waals surface area contributed by atoms with E-state index in [0.29, 0.717) is 17.7 Å². The Kier molecular flexibility index (Phi) is 10.6. The van der Waals surface area contributed by atoms with Crippen LogP contribution >= 0.6 is 0 Å². The quantitative estimate of drug-likeness (QED) is 0.275. The number of carbonyl (C=O) groups excluding carboxylic acids is 1. The predicted molar refractivity (Wildman–Crippen MR) is 156 cm³/mol. The third kappa shape index (κ3) is 8.58. The van der Waals surface area contributed by atoms with Crippen LogP contribution < -0.4 is 5.32 Å². The highest BCUT2D eigenvalue weighted by Gasteiger charge is 2.31. The largest absolute Gasteiger partial charge is 0.390 e. The third-order valence-corrected chi connectivity index (χ3v) is 8.35. The van der Waals surface area contributed by atoms with Crippen molar-refractivity contribution in [2.75, 3.05) is 13.1 Å². The van der Waals surface area contributed by atoms with E-state index in [0.717, 1.165) is 16.7 Å². The highest BCUT2D eigenvalue weighted by molar-refractivity contribution is 7.89. The molecule has 0 heterocycles. The molecule has 3 aromatic carbocycles. The summed E-state index contributed by atoms with van der Waals surface area (Å²) in [5.74, 6) is -0.277. The van der Waals surface area contributed by atoms with Crippen LogP contribution in [-0.4, -0.2) is 54.7 Å². The number of amides is 1. The molecule has 0 saturated carbocycles. The smallest absolute Gasteiger partial charge is 0.243 e. The lowest BCUT2D eigenvalue weighted by atomic mass is 9.98. The summed E-state index contributed by atoms with van der Waals surface area (Å²) >= 11 is 0. The highest BCUT2D eigenvalue weighted by atomic mass is 32.2. The van der Waals surface area contributed by atoms with Gasteiger partial charge in [0.25, 0.3) is 0 Å². The Balaban J connectivity index is 1.86. The summed E-state index contributed by atoms with van der Waals surface area (Å²) in [6, 6.07) is 22.7. The summed E-state index contributed by atoms with van der Waals surface area (Å²) in [6.07, 6.45) is -0.784. The number of benzene rings is 3. The lowest BCUT2D eigenvalue weighted by Crippen LogP contribution is -2.51. The van der Waals surface area contributed by atoms with Gasteiger partial charge in [-0.2, -0.15) is 4.31 Å². The maximum Gasteiger partial charge on any atom is 0.243 e. The monoisotopic (exact) mass is 549 g/mol. The molecule has 0 fully saturated rings. The Bertz CT molecular complexity index is 1360. The molecule has 0 radical (unpaired) electrons. The molecule has 8 heteroatoms. The zero-order chi connectivity index (χ0) is 28.6. The summed E-state index contributed by atoms with van der Waals surface area (Å²) in [5.41, 5.74) is 3.65. The van der Waals surface area contributed by atoms with Gasteiger partial charge in [0.2, 0.25) is 15.9 Å². The second-order valence-electron chi connectivity index (χ2n) is 10.4. The third-order valence-electron chi connectivity index (χ3n) is 6.50. The van der Waals surface area contributed by atoms with E-state index in [1.807, 2.05) is 69.3 Å². The summed E-state index contributed by atoms with van der Waals surface area (Å²) in [7, 11) is -3.87. The van der Waals surface area contributed by atoms with Crippen LogP contribution in [0.4, 0.5) is 0 Å². The van der Waals surface area contributed by atoms with Crippen LogP contribution in [0.2, 0.25) is 0 Å². The van der Waals surface area contributed by atoms with E-state index in [1.54, 1.807) is 37.3 Å². The van der Waals surface area contributed by atoms with Crippen molar-refractivity contribution in [1.82, 2.24) is 9.62 Å². The maximum atomic E-state index is 13.6. The predicted octanol–water partition coefficient (Wildman–Crippen LogP) is 4.36. The minimum Gasteiger partial charge on any atom is -0.390 e. The van der Waals surface area contributed by atoms with Crippen molar-refractivity contribution >= 4 is 21.6 Å². The first-order chi connectivity index (χ1) is 18.5. The molecule has 7 nitrogen and oxygen atoms in total. The minimum absolute atomic E-state index is 0.0282. The number of nitrogens with one attached hydrogen (secondary N) is 2. The van der Waals surface area contributed by atoms with Gasteiger partial charge in [-0.15, -0.1) is 0 Å². The first kappa shape index (κ1) is 30.2. The van der Waals surface area contributed by atoms with Gasteiger partial charge in [-0.25, -0.2) is 8.42 Å². The van der Waals surface area contributed by atoms with Crippen molar-refractivity contribution < 1.29 is 18.3 Å². The standard InChI is InChI=1S/C31H39N3O4S/c1-22(2)20-34(39(37,38)27-16-14-23(3)15-17-27)21-30(35)29(18-25-10-6-5-7-11-25)33-31(36)19-26-12-8-9-13-28(26)24(4)32/h5-17,22,29-30,32,35H,18-21H2,1-4H3,(H,33,36). The Hall–Kier alpha value is -3.33. The molecule has 2 unspecified atom stereocenters. The van der Waals surface area contributed by atoms with E-state index in [-0.39, 0.29) is 36.2 Å². The molecular formula is C31H39N3O4S. The fraction of sp³-hybridized carbons (Fsp3) is 0.355. The molecule has 0 aromatic heterocycles. The van der Waals surface area contributed by atoms with Gasteiger partial charge < -0.3 is 15.8 Å². The topological polar surface area (TPSA) is 111 Å². The Morgan fingerprint density at radius 1 is 0.949 bits per heavy atom. The molecule has 39 heavy (non-hydrogen) atoms. The fourth-order valence-electron chi connectivity index (χ4n) is 4.50. The lowest BCUT2D eigenvalue weighted by Gasteiger charge is -2.31. The van der Waals surface area contributed by atoms with Gasteiger partial charge in [0.05, 0.1) is 23.5 Å². The summed E-state index contributed by atoms with van der Waals surface area (Å²) in [5, 5.41) is 22.4. The van der Waals surface area contributed by atoms with Crippen LogP contribution in [0.15, 0.2) is 83.8 Å². The first-order valence-corrected chi connectivity index (χ1v) is 14.6. The van der Waals surface area contributed by atoms with Gasteiger partial charge in [0, 0.05) is 18.8 Å². The van der Waals surface area contributed by atoms with Crippen molar-refractivity contribution in [2.45, 2.75) is 57.6 Å². The molecule has 0 aliphatic heterocycles. The van der Waals surface area contributed by atoms with Crippen molar-refractivity contribution in [2.24, 2.45) is 5.92 Å². The van der Waals surface area contributed by atoms with Crippen LogP contribution in [0.3, 0.4) is 0 Å². The van der Waals surface area contributed by atoms with E-state index in [4.69, 9.17) is 5.41 Å². The molecular weight excluding hydrogens is 510 g/mol. The molecule has 3 rings (SSSR count). The number of hydrogen-bond acceptors (Lipinski definition) is 5. The van der Waals surface area contributed by atoms with Crippen LogP contribution in [0.1, 0.15) is 43.0 Å². The average Bonchev–Trinajstić information content (AvgIpc) is 2.88. The van der Waals surface area contributed by atoms with Gasteiger partial charge in [0.15, 0.2) is 0 Å². The maximum absolute atomic E-state index is 13.6. The van der Waals surface area contributed by atoms with E-state index in [2.05, 4.69) is 5.32 Å². The normalized spacial score (nSPS) is 13.3. The highest BCUT2D eigenvalue weighted by Crippen LogP contribution is 2.20. The molecule has 1 amide bonds. The average molecular weight is 550 g/mol. The number of aliphatic hydroxyl groups excluding tert-OH is 1. The molecule has 2 atom stereocenters.